The second-order valence-corrected chi connectivity index (χ2v) is 9.05. The minimum atomic E-state index is -0.0579. The highest BCUT2D eigenvalue weighted by atomic mass is 32.2. The average Bonchev–Trinajstić information content (AvgIpc) is 3.11. The van der Waals surface area contributed by atoms with Gasteiger partial charge >= 0.3 is 0 Å². The van der Waals surface area contributed by atoms with E-state index in [1.165, 1.54) is 22.2 Å². The van der Waals surface area contributed by atoms with E-state index in [0.29, 0.717) is 12.3 Å². The number of rotatable bonds is 9. The van der Waals surface area contributed by atoms with Gasteiger partial charge in [0, 0.05) is 17.1 Å². The van der Waals surface area contributed by atoms with E-state index in [1.54, 1.807) is 11.8 Å². The van der Waals surface area contributed by atoms with Crippen LogP contribution in [0.3, 0.4) is 0 Å². The zero-order valence-corrected chi connectivity index (χ0v) is 19.1. The maximum atomic E-state index is 12.4. The monoisotopic (exact) mass is 438 g/mol. The van der Waals surface area contributed by atoms with Gasteiger partial charge in [0.1, 0.15) is 5.82 Å². The molecule has 30 heavy (non-hydrogen) atoms. The predicted molar refractivity (Wildman–Crippen MR) is 126 cm³/mol. The molecule has 7 heteroatoms. The molecule has 1 heterocycles. The fourth-order valence-corrected chi connectivity index (χ4v) is 4.42. The number of amides is 1. The van der Waals surface area contributed by atoms with Crippen molar-refractivity contribution in [2.45, 2.75) is 43.1 Å². The van der Waals surface area contributed by atoms with Gasteiger partial charge in [-0.3, -0.25) is 4.79 Å². The Morgan fingerprint density at radius 2 is 1.80 bits per heavy atom. The van der Waals surface area contributed by atoms with Crippen LogP contribution < -0.4 is 5.32 Å². The van der Waals surface area contributed by atoms with Gasteiger partial charge < -0.3 is 9.88 Å². The summed E-state index contributed by atoms with van der Waals surface area (Å²) in [6.07, 6.45) is 1.82. The zero-order chi connectivity index (χ0) is 21.5. The Labute approximate surface area is 186 Å². The van der Waals surface area contributed by atoms with Crippen LogP contribution in [0, 0.1) is 20.8 Å². The minimum Gasteiger partial charge on any atom is -0.325 e. The SMILES string of the molecule is C=CCn1c(CSc2ccc(C)cc2)nnc1SCC(=O)Nc1cc(C)ccc1C. The largest absolute Gasteiger partial charge is 0.325 e. The molecule has 0 saturated carbocycles. The molecule has 3 rings (SSSR count). The van der Waals surface area contributed by atoms with Crippen LogP contribution in [0.2, 0.25) is 0 Å². The molecule has 0 aliphatic rings. The summed E-state index contributed by atoms with van der Waals surface area (Å²) < 4.78 is 2.02. The molecular weight excluding hydrogens is 412 g/mol. The third kappa shape index (κ3) is 6.00. The molecule has 5 nitrogen and oxygen atoms in total. The molecule has 1 amide bonds. The number of aryl methyl sites for hydroxylation is 3. The molecule has 156 valence electrons. The van der Waals surface area contributed by atoms with E-state index < -0.39 is 0 Å². The maximum absolute atomic E-state index is 12.4. The lowest BCUT2D eigenvalue weighted by molar-refractivity contribution is -0.113. The van der Waals surface area contributed by atoms with E-state index in [1.807, 2.05) is 42.7 Å². The van der Waals surface area contributed by atoms with E-state index in [9.17, 15) is 4.79 Å². The van der Waals surface area contributed by atoms with Crippen molar-refractivity contribution in [3.63, 3.8) is 0 Å². The number of thioether (sulfide) groups is 2. The van der Waals surface area contributed by atoms with Gasteiger partial charge in [0.25, 0.3) is 0 Å². The standard InChI is InChI=1S/C23H26N4OS2/c1-5-12-27-21(14-29-19-10-7-16(2)8-11-19)25-26-23(27)30-15-22(28)24-20-13-17(3)6-9-18(20)4/h5-11,13H,1,12,14-15H2,2-4H3,(H,24,28). The smallest absolute Gasteiger partial charge is 0.234 e. The molecule has 0 spiro atoms. The Balaban J connectivity index is 1.62. The van der Waals surface area contributed by atoms with Crippen LogP contribution in [0.5, 0.6) is 0 Å². The van der Waals surface area contributed by atoms with Gasteiger partial charge in [-0.2, -0.15) is 0 Å². The number of hydrogen-bond donors (Lipinski definition) is 1. The van der Waals surface area contributed by atoms with E-state index in [4.69, 9.17) is 0 Å². The minimum absolute atomic E-state index is 0.0579. The summed E-state index contributed by atoms with van der Waals surface area (Å²) in [5, 5.41) is 12.4. The number of aromatic nitrogens is 3. The average molecular weight is 439 g/mol. The topological polar surface area (TPSA) is 59.8 Å². The highest BCUT2D eigenvalue weighted by molar-refractivity contribution is 7.99. The Kier molecular flexibility index (Phi) is 7.76. The number of nitrogens with zero attached hydrogens (tertiary/aromatic N) is 3. The zero-order valence-electron chi connectivity index (χ0n) is 17.5. The number of allylic oxidation sites excluding steroid dienone is 1. The van der Waals surface area contributed by atoms with Gasteiger partial charge in [-0.05, 0) is 50.1 Å². The van der Waals surface area contributed by atoms with E-state index >= 15 is 0 Å². The molecule has 0 aliphatic heterocycles. The van der Waals surface area contributed by atoms with Gasteiger partial charge in [-0.15, -0.1) is 28.5 Å². The molecule has 0 aliphatic carbocycles. The first-order valence-electron chi connectivity index (χ1n) is 9.68. The lowest BCUT2D eigenvalue weighted by Crippen LogP contribution is -2.15. The number of hydrogen-bond acceptors (Lipinski definition) is 5. The third-order valence-corrected chi connectivity index (χ3v) is 6.47. The summed E-state index contributed by atoms with van der Waals surface area (Å²) in [6.45, 7) is 10.5. The maximum Gasteiger partial charge on any atom is 0.234 e. The molecule has 0 bridgehead atoms. The fraction of sp³-hybridized carbons (Fsp3) is 0.261. The first-order chi connectivity index (χ1) is 14.5. The lowest BCUT2D eigenvalue weighted by atomic mass is 10.1. The van der Waals surface area contributed by atoms with Crippen LogP contribution >= 0.6 is 23.5 Å². The second-order valence-electron chi connectivity index (χ2n) is 7.06. The van der Waals surface area contributed by atoms with Crippen molar-refractivity contribution in [3.8, 4) is 0 Å². The molecule has 1 N–H and O–H groups in total. The summed E-state index contributed by atoms with van der Waals surface area (Å²) in [7, 11) is 0. The molecule has 0 radical (unpaired) electrons. The fourth-order valence-electron chi connectivity index (χ4n) is 2.81. The summed E-state index contributed by atoms with van der Waals surface area (Å²) in [5.41, 5.74) is 4.25. The van der Waals surface area contributed by atoms with Gasteiger partial charge in [-0.25, -0.2) is 0 Å². The van der Waals surface area contributed by atoms with Crippen LogP contribution in [-0.2, 0) is 17.1 Å². The van der Waals surface area contributed by atoms with Crippen molar-refractivity contribution in [1.29, 1.82) is 0 Å². The normalized spacial score (nSPS) is 10.8. The van der Waals surface area contributed by atoms with Gasteiger partial charge in [0.05, 0.1) is 11.5 Å². The molecule has 2 aromatic carbocycles. The summed E-state index contributed by atoms with van der Waals surface area (Å²) in [4.78, 5) is 13.6. The van der Waals surface area contributed by atoms with Gasteiger partial charge in [0.15, 0.2) is 5.16 Å². The highest BCUT2D eigenvalue weighted by Crippen LogP contribution is 2.25. The first-order valence-corrected chi connectivity index (χ1v) is 11.7. The van der Waals surface area contributed by atoms with E-state index in [-0.39, 0.29) is 11.7 Å². The van der Waals surface area contributed by atoms with Crippen molar-refractivity contribution in [3.05, 3.63) is 77.6 Å². The van der Waals surface area contributed by atoms with E-state index in [0.717, 1.165) is 27.8 Å². The molecule has 0 atom stereocenters. The number of anilines is 1. The third-order valence-electron chi connectivity index (χ3n) is 4.49. The first kappa shape index (κ1) is 22.2. The Morgan fingerprint density at radius 3 is 2.53 bits per heavy atom. The highest BCUT2D eigenvalue weighted by Gasteiger charge is 2.14. The summed E-state index contributed by atoms with van der Waals surface area (Å²) in [6, 6.07) is 14.5. The molecular formula is C23H26N4OS2. The Bertz CT molecular complexity index is 1030. The quantitative estimate of drug-likeness (QED) is 0.357. The van der Waals surface area contributed by atoms with Crippen molar-refractivity contribution >= 4 is 35.1 Å². The second kappa shape index (κ2) is 10.5. The molecule has 0 saturated heterocycles. The molecule has 1 aromatic heterocycles. The van der Waals surface area contributed by atoms with Crippen LogP contribution in [0.25, 0.3) is 0 Å². The van der Waals surface area contributed by atoms with Crippen molar-refractivity contribution in [2.24, 2.45) is 0 Å². The Hall–Kier alpha value is -2.51. The van der Waals surface area contributed by atoms with Gasteiger partial charge in [0.2, 0.25) is 5.91 Å². The van der Waals surface area contributed by atoms with Crippen LogP contribution in [-0.4, -0.2) is 26.4 Å². The summed E-state index contributed by atoms with van der Waals surface area (Å²) >= 11 is 3.11. The van der Waals surface area contributed by atoms with Crippen LogP contribution in [0.15, 0.2) is 65.2 Å². The number of carbonyl (C=O) groups excluding carboxylic acids is 1. The molecule has 0 fully saturated rings. The van der Waals surface area contributed by atoms with Crippen LogP contribution in [0.1, 0.15) is 22.5 Å². The van der Waals surface area contributed by atoms with Crippen molar-refractivity contribution in [1.82, 2.24) is 14.8 Å². The van der Waals surface area contributed by atoms with Crippen molar-refractivity contribution < 1.29 is 4.79 Å². The summed E-state index contributed by atoms with van der Waals surface area (Å²) in [5.74, 6) is 1.79. The van der Waals surface area contributed by atoms with Crippen LogP contribution in [0.4, 0.5) is 5.69 Å². The van der Waals surface area contributed by atoms with E-state index in [2.05, 4.69) is 53.3 Å². The Morgan fingerprint density at radius 1 is 1.07 bits per heavy atom. The lowest BCUT2D eigenvalue weighted by Gasteiger charge is -2.10. The molecule has 3 aromatic rings. The van der Waals surface area contributed by atoms with Crippen molar-refractivity contribution in [2.75, 3.05) is 11.1 Å². The predicted octanol–water partition coefficient (Wildman–Crippen LogP) is 5.41. The van der Waals surface area contributed by atoms with Gasteiger partial charge in [-0.1, -0.05) is 47.7 Å². The number of nitrogens with one attached hydrogen (secondary N) is 1. The molecule has 0 unspecified atom stereocenters. The number of benzene rings is 2. The number of carbonyl (C=O) groups is 1.